The third-order valence-electron chi connectivity index (χ3n) is 1.47. The Kier molecular flexibility index (Phi) is 14.4. The first kappa shape index (κ1) is 18.1. The maximum absolute atomic E-state index is 10.4. The molecule has 0 fully saturated rings. The van der Waals surface area contributed by atoms with Crippen LogP contribution in [0.1, 0.15) is 6.92 Å². The second kappa shape index (κ2) is 12.8. The van der Waals surface area contributed by atoms with E-state index < -0.39 is 11.9 Å². The fraction of sp³-hybridized carbons (Fsp3) is 0.750. The van der Waals surface area contributed by atoms with Gasteiger partial charge in [0.05, 0.1) is 13.1 Å². The van der Waals surface area contributed by atoms with E-state index in [1.807, 2.05) is 6.92 Å². The van der Waals surface area contributed by atoms with E-state index in [2.05, 4.69) is 0 Å². The van der Waals surface area contributed by atoms with Crippen molar-refractivity contribution in [3.63, 3.8) is 0 Å². The summed E-state index contributed by atoms with van der Waals surface area (Å²) in [6, 6.07) is 0. The van der Waals surface area contributed by atoms with Crippen LogP contribution in [-0.2, 0) is 31.9 Å². The zero-order chi connectivity index (χ0) is 13.0. The number of thioether (sulfide) groups is 1. The molecular formula is C8H15NO5STc. The molecule has 0 spiro atoms. The molecule has 16 heavy (non-hydrogen) atoms. The Morgan fingerprint density at radius 1 is 1.19 bits per heavy atom. The normalized spacial score (nSPS) is 9.38. The number of nitrogens with zero attached hydrogens (tertiary/aromatic N) is 1. The first-order valence-corrected chi connectivity index (χ1v) is 6.36. The van der Waals surface area contributed by atoms with Gasteiger partial charge < -0.3 is 10.2 Å². The minimum absolute atomic E-state index is 0.212. The third-order valence-corrected chi connectivity index (χ3v) is 2.35. The summed E-state index contributed by atoms with van der Waals surface area (Å²) in [6.45, 7) is 2.08. The van der Waals surface area contributed by atoms with Crippen molar-refractivity contribution in [1.29, 1.82) is 0 Å². The van der Waals surface area contributed by atoms with Crippen LogP contribution >= 0.6 is 11.8 Å². The van der Waals surface area contributed by atoms with E-state index in [4.69, 9.17) is 13.7 Å². The number of carboxylic acids is 2. The molecule has 0 saturated carbocycles. The Hall–Kier alpha value is -0.301. The Bertz CT molecular complexity index is 201. The molecule has 0 atom stereocenters. The summed E-state index contributed by atoms with van der Waals surface area (Å²) in [7, 11) is 0. The van der Waals surface area contributed by atoms with Crippen molar-refractivity contribution in [2.24, 2.45) is 0 Å². The number of carboxylic acid groups (broad SMARTS) is 2. The molecule has 0 aliphatic carbocycles. The van der Waals surface area contributed by atoms with E-state index in [0.29, 0.717) is 6.54 Å². The summed E-state index contributed by atoms with van der Waals surface area (Å²) in [6.07, 6.45) is 0. The van der Waals surface area contributed by atoms with Gasteiger partial charge in [-0.15, -0.1) is 0 Å². The van der Waals surface area contributed by atoms with Crippen LogP contribution in [0.2, 0.25) is 0 Å². The van der Waals surface area contributed by atoms with E-state index in [0.717, 1.165) is 30.4 Å². The first-order valence-electron chi connectivity index (χ1n) is 4.45. The number of hydrogen-bond acceptors (Lipinski definition) is 5. The molecule has 0 saturated heterocycles. The van der Waals surface area contributed by atoms with Gasteiger partial charge in [0.25, 0.3) is 0 Å². The molecule has 0 aromatic rings. The van der Waals surface area contributed by atoms with Gasteiger partial charge >= 0.3 is 34.3 Å². The average molecular weight is 336 g/mol. The van der Waals surface area contributed by atoms with Gasteiger partial charge in [-0.05, 0) is 5.75 Å². The molecule has 0 unspecified atom stereocenters. The molecule has 0 bridgehead atoms. The fourth-order valence-corrected chi connectivity index (χ4v) is 1.61. The second-order valence-corrected chi connectivity index (χ2v) is 4.09. The van der Waals surface area contributed by atoms with Crippen LogP contribution in [0.5, 0.6) is 0 Å². The first-order chi connectivity index (χ1) is 7.56. The molecular weight excluding hydrogens is 321 g/mol. The molecule has 0 amide bonds. The van der Waals surface area contributed by atoms with Crippen LogP contribution in [0.25, 0.3) is 0 Å². The van der Waals surface area contributed by atoms with Crippen molar-refractivity contribution >= 4 is 23.7 Å². The van der Waals surface area contributed by atoms with Gasteiger partial charge in [-0.1, -0.05) is 6.92 Å². The maximum atomic E-state index is 10.4. The summed E-state index contributed by atoms with van der Waals surface area (Å²) >= 11 is 2.56. The molecule has 0 aliphatic heterocycles. The standard InChI is InChI=1S/C8H15NO4S.O.Tc/c1-2-14-4-3-9(5-7(10)11)6-8(12)13;;/h2-6H2,1H3,(H,10,11)(H,12,13);;/i;;1+1. The molecule has 0 rings (SSSR count). The molecule has 8 heteroatoms. The Morgan fingerprint density at radius 3 is 1.94 bits per heavy atom. The fourth-order valence-electron chi connectivity index (χ4n) is 0.935. The van der Waals surface area contributed by atoms with Crippen molar-refractivity contribution in [3.05, 3.63) is 0 Å². The van der Waals surface area contributed by atoms with Gasteiger partial charge in [0.15, 0.2) is 0 Å². The van der Waals surface area contributed by atoms with E-state index in [9.17, 15) is 9.59 Å². The van der Waals surface area contributed by atoms with E-state index in [1.165, 1.54) is 4.90 Å². The topological polar surface area (TPSA) is 94.9 Å². The van der Waals surface area contributed by atoms with Crippen molar-refractivity contribution in [3.8, 4) is 0 Å². The molecule has 0 aromatic heterocycles. The van der Waals surface area contributed by atoms with Crippen LogP contribution < -0.4 is 0 Å². The van der Waals surface area contributed by atoms with Crippen LogP contribution in [0.15, 0.2) is 0 Å². The van der Waals surface area contributed by atoms with E-state index in [1.54, 1.807) is 11.8 Å². The molecule has 0 aromatic carbocycles. The number of aliphatic carboxylic acids is 2. The SMILES string of the molecule is CCSCCN(CC(=O)O)CC(=O)O.[O]=[99Tc]. The summed E-state index contributed by atoms with van der Waals surface area (Å²) in [5.74, 6) is -0.272. The van der Waals surface area contributed by atoms with Crippen LogP contribution in [0.4, 0.5) is 0 Å². The molecule has 95 valence electrons. The molecule has 0 heterocycles. The molecule has 0 aliphatic rings. The third kappa shape index (κ3) is 13.7. The second-order valence-electron chi connectivity index (χ2n) is 2.70. The monoisotopic (exact) mass is 336 g/mol. The minimum atomic E-state index is -0.993. The van der Waals surface area contributed by atoms with Crippen LogP contribution in [-0.4, -0.2) is 58.2 Å². The summed E-state index contributed by atoms with van der Waals surface area (Å²) < 4.78 is 8.22. The zero-order valence-corrected chi connectivity index (χ0v) is 11.6. The average Bonchev–Trinajstić information content (AvgIpc) is 2.19. The molecule has 6 nitrogen and oxygen atoms in total. The summed E-state index contributed by atoms with van der Waals surface area (Å²) in [4.78, 5) is 22.2. The van der Waals surface area contributed by atoms with Crippen LogP contribution in [0.3, 0.4) is 0 Å². The van der Waals surface area contributed by atoms with E-state index in [-0.39, 0.29) is 13.1 Å². The van der Waals surface area contributed by atoms with Gasteiger partial charge in [-0.3, -0.25) is 14.5 Å². The number of carbonyl (C=O) groups is 2. The quantitative estimate of drug-likeness (QED) is 0.607. The van der Waals surface area contributed by atoms with Gasteiger partial charge in [0.2, 0.25) is 0 Å². The molecule has 2 N–H and O–H groups in total. The van der Waals surface area contributed by atoms with Crippen molar-refractivity contribution < 1.29 is 42.2 Å². The number of hydrogen-bond donors (Lipinski definition) is 2. The van der Waals surface area contributed by atoms with Crippen LogP contribution in [0, 0.1) is 0 Å². The van der Waals surface area contributed by atoms with Crippen molar-refractivity contribution in [1.82, 2.24) is 4.90 Å². The van der Waals surface area contributed by atoms with Crippen molar-refractivity contribution in [2.75, 3.05) is 31.1 Å². The Labute approximate surface area is 109 Å². The van der Waals surface area contributed by atoms with Gasteiger partial charge in [-0.2, -0.15) is 11.8 Å². The van der Waals surface area contributed by atoms with Gasteiger partial charge in [0, 0.05) is 12.3 Å². The molecule has 0 radical (unpaired) electrons. The Morgan fingerprint density at radius 2 is 1.62 bits per heavy atom. The summed E-state index contributed by atoms with van der Waals surface area (Å²) in [5, 5.41) is 17.0. The van der Waals surface area contributed by atoms with Gasteiger partial charge in [-0.25, -0.2) is 0 Å². The zero-order valence-electron chi connectivity index (χ0n) is 8.89. The summed E-state index contributed by atoms with van der Waals surface area (Å²) in [5.41, 5.74) is 0. The predicted octanol–water partition coefficient (Wildman–Crippen LogP) is 0.0894. The predicted molar refractivity (Wildman–Crippen MR) is 55.4 cm³/mol. The van der Waals surface area contributed by atoms with Crippen molar-refractivity contribution in [2.45, 2.75) is 6.92 Å². The van der Waals surface area contributed by atoms with Gasteiger partial charge in [0.1, 0.15) is 0 Å². The van der Waals surface area contributed by atoms with E-state index >= 15 is 0 Å². The Balaban J connectivity index is 0. The number of rotatable bonds is 8.